The number of carbonyl (C=O) groups is 1. The van der Waals surface area contributed by atoms with Crippen molar-refractivity contribution in [3.05, 3.63) is 12.2 Å². The van der Waals surface area contributed by atoms with Crippen molar-refractivity contribution in [2.45, 2.75) is 73.0 Å². The Balaban J connectivity index is 2.02. The number of ether oxygens (including phenoxy) is 1. The molecule has 3 nitrogen and oxygen atoms in total. The van der Waals surface area contributed by atoms with Crippen LogP contribution in [0, 0.1) is 34.0 Å². The van der Waals surface area contributed by atoms with Gasteiger partial charge in [0.15, 0.2) is 0 Å². The van der Waals surface area contributed by atoms with Crippen LogP contribution < -0.4 is 0 Å². The van der Waals surface area contributed by atoms with E-state index in [0.29, 0.717) is 24.2 Å². The van der Waals surface area contributed by atoms with Gasteiger partial charge in [-0.15, -0.1) is 0 Å². The van der Waals surface area contributed by atoms with Gasteiger partial charge in [0.1, 0.15) is 6.10 Å². The van der Waals surface area contributed by atoms with Crippen LogP contribution in [0.25, 0.3) is 0 Å². The van der Waals surface area contributed by atoms with Gasteiger partial charge in [0.25, 0.3) is 0 Å². The normalized spacial score (nSPS) is 47.0. The van der Waals surface area contributed by atoms with Crippen molar-refractivity contribution in [3.8, 4) is 0 Å². The van der Waals surface area contributed by atoms with Crippen molar-refractivity contribution in [1.29, 1.82) is 0 Å². The molecule has 0 aromatic rings. The SMILES string of the molecule is CC(C)CC(=O)O[C@H]1C(C)(C)[C@H]2CC[C@H](C)[C@]23C=C[C@@H](O)[C@]13C. The van der Waals surface area contributed by atoms with E-state index in [1.165, 1.54) is 6.42 Å². The highest BCUT2D eigenvalue weighted by atomic mass is 16.5. The molecule has 6 atom stereocenters. The van der Waals surface area contributed by atoms with Gasteiger partial charge in [-0.3, -0.25) is 4.79 Å². The minimum absolute atomic E-state index is 0.0430. The fraction of sp³-hybridized carbons (Fsp3) is 0.850. The summed E-state index contributed by atoms with van der Waals surface area (Å²) >= 11 is 0. The average Bonchev–Trinajstić information content (AvgIpc) is 2.95. The first-order chi connectivity index (χ1) is 10.6. The molecule has 0 unspecified atom stereocenters. The van der Waals surface area contributed by atoms with Crippen LogP contribution in [0.1, 0.15) is 60.8 Å². The Bertz CT molecular complexity index is 535. The Kier molecular flexibility index (Phi) is 3.76. The van der Waals surface area contributed by atoms with E-state index >= 15 is 0 Å². The average molecular weight is 320 g/mol. The minimum atomic E-state index is -0.538. The molecule has 23 heavy (non-hydrogen) atoms. The van der Waals surface area contributed by atoms with Gasteiger partial charge in [-0.25, -0.2) is 0 Å². The highest BCUT2D eigenvalue weighted by Crippen LogP contribution is 2.76. The summed E-state index contributed by atoms with van der Waals surface area (Å²) in [5, 5.41) is 10.8. The number of aliphatic hydroxyl groups excluding tert-OH is 1. The van der Waals surface area contributed by atoms with Gasteiger partial charge in [-0.1, -0.05) is 53.7 Å². The first-order valence-electron chi connectivity index (χ1n) is 9.15. The predicted octanol–water partition coefficient (Wildman–Crippen LogP) is 3.95. The first kappa shape index (κ1) is 17.0. The third-order valence-electron chi connectivity index (χ3n) is 7.32. The lowest BCUT2D eigenvalue weighted by atomic mass is 9.61. The predicted molar refractivity (Wildman–Crippen MR) is 90.7 cm³/mol. The Hall–Kier alpha value is -0.830. The van der Waals surface area contributed by atoms with Crippen LogP contribution in [-0.4, -0.2) is 23.3 Å². The summed E-state index contributed by atoms with van der Waals surface area (Å²) in [5.74, 6) is 1.14. The molecule has 1 N–H and O–H groups in total. The summed E-state index contributed by atoms with van der Waals surface area (Å²) in [4.78, 5) is 12.4. The van der Waals surface area contributed by atoms with Gasteiger partial charge >= 0.3 is 5.97 Å². The smallest absolute Gasteiger partial charge is 0.306 e. The molecule has 0 aliphatic heterocycles. The van der Waals surface area contributed by atoms with Crippen LogP contribution in [0.3, 0.4) is 0 Å². The van der Waals surface area contributed by atoms with E-state index in [0.717, 1.165) is 6.42 Å². The summed E-state index contributed by atoms with van der Waals surface area (Å²) in [5.41, 5.74) is -0.569. The molecule has 0 aromatic carbocycles. The van der Waals surface area contributed by atoms with Gasteiger partial charge < -0.3 is 9.84 Å². The molecule has 0 saturated heterocycles. The van der Waals surface area contributed by atoms with Gasteiger partial charge in [0.05, 0.1) is 6.10 Å². The number of hydrogen-bond acceptors (Lipinski definition) is 3. The fourth-order valence-electron chi connectivity index (χ4n) is 6.42. The second kappa shape index (κ2) is 5.08. The highest BCUT2D eigenvalue weighted by Gasteiger charge is 2.76. The lowest BCUT2D eigenvalue weighted by molar-refractivity contribution is -0.170. The topological polar surface area (TPSA) is 46.5 Å². The lowest BCUT2D eigenvalue weighted by Crippen LogP contribution is -2.50. The number of hydrogen-bond donors (Lipinski definition) is 1. The first-order valence-corrected chi connectivity index (χ1v) is 9.15. The Morgan fingerprint density at radius 3 is 2.57 bits per heavy atom. The lowest BCUT2D eigenvalue weighted by Gasteiger charge is -2.45. The van der Waals surface area contributed by atoms with Crippen LogP contribution in [0.5, 0.6) is 0 Å². The van der Waals surface area contributed by atoms with E-state index in [4.69, 9.17) is 4.74 Å². The molecular formula is C20H32O3. The molecule has 2 fully saturated rings. The van der Waals surface area contributed by atoms with Crippen molar-refractivity contribution in [1.82, 2.24) is 0 Å². The van der Waals surface area contributed by atoms with Crippen LogP contribution in [0.4, 0.5) is 0 Å². The zero-order valence-electron chi connectivity index (χ0n) is 15.4. The largest absolute Gasteiger partial charge is 0.461 e. The zero-order chi connectivity index (χ0) is 17.2. The maximum absolute atomic E-state index is 12.4. The summed E-state index contributed by atoms with van der Waals surface area (Å²) in [6.45, 7) is 13.0. The highest BCUT2D eigenvalue weighted by molar-refractivity contribution is 5.70. The van der Waals surface area contributed by atoms with E-state index in [1.807, 2.05) is 19.9 Å². The summed E-state index contributed by atoms with van der Waals surface area (Å²) in [7, 11) is 0. The molecule has 1 spiro atoms. The van der Waals surface area contributed by atoms with Crippen LogP contribution in [0.2, 0.25) is 0 Å². The fourth-order valence-corrected chi connectivity index (χ4v) is 6.42. The van der Waals surface area contributed by atoms with Crippen LogP contribution >= 0.6 is 0 Å². The van der Waals surface area contributed by atoms with E-state index in [9.17, 15) is 9.90 Å². The number of rotatable bonds is 3. The number of allylic oxidation sites excluding steroid dienone is 1. The summed E-state index contributed by atoms with van der Waals surface area (Å²) in [6.07, 6.45) is 6.22. The molecule has 2 saturated carbocycles. The van der Waals surface area contributed by atoms with Gasteiger partial charge in [0, 0.05) is 22.7 Å². The van der Waals surface area contributed by atoms with Gasteiger partial charge in [0.2, 0.25) is 0 Å². The van der Waals surface area contributed by atoms with Gasteiger partial charge in [-0.05, 0) is 30.6 Å². The van der Waals surface area contributed by atoms with Crippen molar-refractivity contribution in [2.75, 3.05) is 0 Å². The third kappa shape index (κ3) is 1.95. The molecule has 0 aromatic heterocycles. The molecule has 0 heterocycles. The Morgan fingerprint density at radius 2 is 1.96 bits per heavy atom. The number of carbonyl (C=O) groups excluding carboxylic acids is 1. The molecular weight excluding hydrogens is 288 g/mol. The minimum Gasteiger partial charge on any atom is -0.461 e. The van der Waals surface area contributed by atoms with E-state index in [2.05, 4.69) is 33.8 Å². The second-order valence-electron chi connectivity index (χ2n) is 9.34. The molecule has 3 heteroatoms. The molecule has 0 amide bonds. The Morgan fingerprint density at radius 1 is 1.30 bits per heavy atom. The quantitative estimate of drug-likeness (QED) is 0.632. The standard InChI is InChI=1S/C20H32O3/c1-12(2)11-16(22)23-17-18(4,5)14-8-7-13(3)20(14)10-9-15(21)19(17,20)6/h9-10,12-15,17,21H,7-8,11H2,1-6H3/t13-,14+,15+,17-,19+,20+/m0/s1. The molecule has 3 rings (SSSR count). The Labute approximate surface area is 140 Å². The molecule has 0 bridgehead atoms. The molecule has 3 aliphatic rings. The second-order valence-corrected chi connectivity index (χ2v) is 9.34. The third-order valence-corrected chi connectivity index (χ3v) is 7.32. The summed E-state index contributed by atoms with van der Waals surface area (Å²) in [6, 6.07) is 0. The maximum Gasteiger partial charge on any atom is 0.306 e. The van der Waals surface area contributed by atoms with Crippen molar-refractivity contribution in [3.63, 3.8) is 0 Å². The monoisotopic (exact) mass is 320 g/mol. The van der Waals surface area contributed by atoms with E-state index in [-0.39, 0.29) is 22.9 Å². The van der Waals surface area contributed by atoms with E-state index < -0.39 is 11.5 Å². The van der Waals surface area contributed by atoms with Crippen LogP contribution in [-0.2, 0) is 9.53 Å². The molecule has 130 valence electrons. The van der Waals surface area contributed by atoms with Crippen molar-refractivity contribution < 1.29 is 14.6 Å². The van der Waals surface area contributed by atoms with Crippen LogP contribution in [0.15, 0.2) is 12.2 Å². The number of aliphatic hydroxyl groups is 1. The molecule has 3 aliphatic carbocycles. The molecule has 0 radical (unpaired) electrons. The van der Waals surface area contributed by atoms with Crippen molar-refractivity contribution in [2.24, 2.45) is 34.0 Å². The number of esters is 1. The van der Waals surface area contributed by atoms with Crippen molar-refractivity contribution >= 4 is 5.97 Å². The van der Waals surface area contributed by atoms with Gasteiger partial charge in [-0.2, -0.15) is 0 Å². The maximum atomic E-state index is 12.4. The summed E-state index contributed by atoms with van der Waals surface area (Å²) < 4.78 is 6.07. The zero-order valence-corrected chi connectivity index (χ0v) is 15.4. The van der Waals surface area contributed by atoms with E-state index in [1.54, 1.807) is 0 Å².